The molecule has 1 N–H and O–H groups in total. The number of halogens is 1. The van der Waals surface area contributed by atoms with Gasteiger partial charge in [-0.2, -0.15) is 4.98 Å². The predicted octanol–water partition coefficient (Wildman–Crippen LogP) is 5.87. The Morgan fingerprint density at radius 2 is 1.88 bits per heavy atom. The monoisotopic (exact) mass is 481 g/mol. The van der Waals surface area contributed by atoms with Gasteiger partial charge in [0, 0.05) is 18.7 Å². The van der Waals surface area contributed by atoms with Crippen molar-refractivity contribution < 1.29 is 9.57 Å². The molecule has 3 aromatic rings. The molecular weight excluding hydrogens is 450 g/mol. The van der Waals surface area contributed by atoms with E-state index in [4.69, 9.17) is 21.2 Å². The topological polar surface area (TPSA) is 62.8 Å². The lowest BCUT2D eigenvalue weighted by Crippen LogP contribution is -2.25. The summed E-state index contributed by atoms with van der Waals surface area (Å²) in [4.78, 5) is 17.3. The predicted molar refractivity (Wildman–Crippen MR) is 137 cm³/mol. The highest BCUT2D eigenvalue weighted by molar-refractivity contribution is 6.32. The summed E-state index contributed by atoms with van der Waals surface area (Å²) in [7, 11) is 0. The fourth-order valence-corrected chi connectivity index (χ4v) is 4.18. The highest BCUT2D eigenvalue weighted by Crippen LogP contribution is 2.37. The summed E-state index contributed by atoms with van der Waals surface area (Å²) in [5.74, 6) is 1.85. The van der Waals surface area contributed by atoms with E-state index in [2.05, 4.69) is 46.2 Å². The molecular formula is C26H32ClN5O2. The molecule has 2 heterocycles. The van der Waals surface area contributed by atoms with Crippen LogP contribution < -0.4 is 15.1 Å². The Bertz CT molecular complexity index is 1030. The maximum Gasteiger partial charge on any atom is 0.229 e. The first kappa shape index (κ1) is 24.3. The van der Waals surface area contributed by atoms with Crippen LogP contribution in [0.5, 0.6) is 5.75 Å². The Balaban J connectivity index is 1.38. The average molecular weight is 482 g/mol. The van der Waals surface area contributed by atoms with Gasteiger partial charge in [-0.25, -0.2) is 10.0 Å². The van der Waals surface area contributed by atoms with Crippen molar-refractivity contribution in [1.29, 1.82) is 0 Å². The van der Waals surface area contributed by atoms with E-state index >= 15 is 0 Å². The second-order valence-corrected chi connectivity index (χ2v) is 8.52. The number of benzene rings is 2. The van der Waals surface area contributed by atoms with Crippen molar-refractivity contribution in [3.05, 3.63) is 71.4 Å². The lowest BCUT2D eigenvalue weighted by molar-refractivity contribution is 0.157. The zero-order valence-electron chi connectivity index (χ0n) is 19.8. The minimum absolute atomic E-state index is 0.0552. The molecule has 8 heteroatoms. The largest absolute Gasteiger partial charge is 0.494 e. The van der Waals surface area contributed by atoms with Gasteiger partial charge in [0.2, 0.25) is 5.95 Å². The maximum absolute atomic E-state index is 6.46. The summed E-state index contributed by atoms with van der Waals surface area (Å²) in [5, 5.41) is 5.49. The van der Waals surface area contributed by atoms with Crippen molar-refractivity contribution in [1.82, 2.24) is 14.9 Å². The van der Waals surface area contributed by atoms with Gasteiger partial charge in [-0.15, -0.1) is 0 Å². The van der Waals surface area contributed by atoms with Crippen molar-refractivity contribution in [2.24, 2.45) is 0 Å². The third-order valence-electron chi connectivity index (χ3n) is 5.92. The number of anilines is 3. The molecule has 0 saturated carbocycles. The third-order valence-corrected chi connectivity index (χ3v) is 6.18. The van der Waals surface area contributed by atoms with Crippen LogP contribution in [0.2, 0.25) is 5.02 Å². The molecule has 1 unspecified atom stereocenters. The first-order chi connectivity index (χ1) is 16.7. The van der Waals surface area contributed by atoms with Crippen molar-refractivity contribution in [2.75, 3.05) is 43.2 Å². The molecule has 0 bridgehead atoms. The van der Waals surface area contributed by atoms with E-state index in [9.17, 15) is 0 Å². The van der Waals surface area contributed by atoms with E-state index in [1.54, 1.807) is 11.3 Å². The Labute approximate surface area is 206 Å². The minimum Gasteiger partial charge on any atom is -0.494 e. The lowest BCUT2D eigenvalue weighted by Gasteiger charge is -2.24. The zero-order chi connectivity index (χ0) is 23.8. The molecule has 0 spiro atoms. The molecule has 7 nitrogen and oxygen atoms in total. The Morgan fingerprint density at radius 3 is 2.62 bits per heavy atom. The van der Waals surface area contributed by atoms with Gasteiger partial charge >= 0.3 is 0 Å². The van der Waals surface area contributed by atoms with E-state index in [0.717, 1.165) is 49.5 Å². The van der Waals surface area contributed by atoms with Crippen LogP contribution in [0.15, 0.2) is 60.8 Å². The van der Waals surface area contributed by atoms with Crippen molar-refractivity contribution in [3.63, 3.8) is 0 Å². The molecule has 0 amide bonds. The average Bonchev–Trinajstić information content (AvgIpc) is 3.37. The summed E-state index contributed by atoms with van der Waals surface area (Å²) in [6, 6.07) is 18.1. The van der Waals surface area contributed by atoms with Crippen molar-refractivity contribution >= 4 is 29.1 Å². The van der Waals surface area contributed by atoms with Crippen LogP contribution in [-0.2, 0) is 4.84 Å². The molecule has 1 aromatic heterocycles. The highest BCUT2D eigenvalue weighted by Gasteiger charge is 2.30. The SMILES string of the molecule is CCN(CC)CCCOc1ccc(Nc2ncc(Cl)c(N3OCCC3c3ccccc3)n2)cc1. The fraction of sp³-hybridized carbons (Fsp3) is 0.385. The van der Waals surface area contributed by atoms with Gasteiger partial charge in [0.05, 0.1) is 25.5 Å². The smallest absolute Gasteiger partial charge is 0.229 e. The minimum atomic E-state index is 0.0552. The molecule has 34 heavy (non-hydrogen) atoms. The molecule has 0 radical (unpaired) electrons. The second kappa shape index (κ2) is 12.0. The first-order valence-electron chi connectivity index (χ1n) is 11.9. The number of aromatic nitrogens is 2. The van der Waals surface area contributed by atoms with Crippen LogP contribution in [0.4, 0.5) is 17.5 Å². The quantitative estimate of drug-likeness (QED) is 0.344. The molecule has 1 aliphatic rings. The van der Waals surface area contributed by atoms with E-state index in [1.165, 1.54) is 0 Å². The normalized spacial score (nSPS) is 15.6. The summed E-state index contributed by atoms with van der Waals surface area (Å²) in [6.07, 6.45) is 3.47. The van der Waals surface area contributed by atoms with Crippen molar-refractivity contribution in [3.8, 4) is 5.75 Å². The van der Waals surface area contributed by atoms with Crippen LogP contribution in [0.1, 0.15) is 38.3 Å². The molecule has 2 aromatic carbocycles. The van der Waals surface area contributed by atoms with Gasteiger partial charge in [-0.3, -0.25) is 4.84 Å². The lowest BCUT2D eigenvalue weighted by atomic mass is 10.0. The second-order valence-electron chi connectivity index (χ2n) is 8.12. The first-order valence-corrected chi connectivity index (χ1v) is 12.3. The Kier molecular flexibility index (Phi) is 8.57. The van der Waals surface area contributed by atoms with E-state index < -0.39 is 0 Å². The zero-order valence-corrected chi connectivity index (χ0v) is 20.5. The Morgan fingerprint density at radius 1 is 1.12 bits per heavy atom. The molecule has 1 aliphatic heterocycles. The highest BCUT2D eigenvalue weighted by atomic mass is 35.5. The third kappa shape index (κ3) is 6.17. The molecule has 1 atom stereocenters. The van der Waals surface area contributed by atoms with Crippen molar-refractivity contribution in [2.45, 2.75) is 32.7 Å². The van der Waals surface area contributed by atoms with Crippen LogP contribution in [0.25, 0.3) is 0 Å². The molecule has 4 rings (SSSR count). The van der Waals surface area contributed by atoms with E-state index in [0.29, 0.717) is 30.0 Å². The summed E-state index contributed by atoms with van der Waals surface area (Å²) in [5.41, 5.74) is 2.03. The van der Waals surface area contributed by atoms with Gasteiger partial charge in [0.25, 0.3) is 0 Å². The molecule has 180 valence electrons. The van der Waals surface area contributed by atoms with Crippen LogP contribution in [0, 0.1) is 0 Å². The number of nitrogens with zero attached hydrogens (tertiary/aromatic N) is 4. The fourth-order valence-electron chi connectivity index (χ4n) is 4.01. The molecule has 1 saturated heterocycles. The number of rotatable bonds is 11. The summed E-state index contributed by atoms with van der Waals surface area (Å²) < 4.78 is 5.88. The number of hydrogen-bond donors (Lipinski definition) is 1. The van der Waals surface area contributed by atoms with Crippen LogP contribution in [-0.4, -0.2) is 47.7 Å². The summed E-state index contributed by atoms with van der Waals surface area (Å²) >= 11 is 6.46. The van der Waals surface area contributed by atoms with E-state index in [-0.39, 0.29) is 6.04 Å². The number of hydroxylamine groups is 1. The molecule has 0 aliphatic carbocycles. The number of nitrogens with one attached hydrogen (secondary N) is 1. The Hall–Kier alpha value is -2.87. The number of ether oxygens (including phenoxy) is 1. The van der Waals surface area contributed by atoms with Crippen LogP contribution >= 0.6 is 11.6 Å². The number of hydrogen-bond acceptors (Lipinski definition) is 7. The van der Waals surface area contributed by atoms with Gasteiger partial charge in [-0.1, -0.05) is 55.8 Å². The van der Waals surface area contributed by atoms with E-state index in [1.807, 2.05) is 42.5 Å². The van der Waals surface area contributed by atoms with Gasteiger partial charge in [-0.05, 0) is 49.3 Å². The van der Waals surface area contributed by atoms with Gasteiger partial charge < -0.3 is 15.0 Å². The van der Waals surface area contributed by atoms with Crippen LogP contribution in [0.3, 0.4) is 0 Å². The standard InChI is InChI=1S/C26H32ClN5O2/c1-3-31(4-2)16-8-17-33-22-13-11-21(12-14-22)29-26-28-19-23(27)25(30-26)32-24(15-18-34-32)20-9-6-5-7-10-20/h5-7,9-14,19,24H,3-4,8,15-18H2,1-2H3,(H,28,29,30). The molecule has 1 fully saturated rings. The van der Waals surface area contributed by atoms with Gasteiger partial charge in [0.1, 0.15) is 10.8 Å². The maximum atomic E-state index is 6.46. The van der Waals surface area contributed by atoms with Gasteiger partial charge in [0.15, 0.2) is 5.82 Å². The summed E-state index contributed by atoms with van der Waals surface area (Å²) in [6.45, 7) is 8.87.